The highest BCUT2D eigenvalue weighted by Gasteiger charge is 2.12. The van der Waals surface area contributed by atoms with Crippen LogP contribution in [0.3, 0.4) is 0 Å². The Bertz CT molecular complexity index is 632. The SMILES string of the molecule is CNCc1cc(F)c(C)cc1Oc1ccc(Cl)cc1F. The normalized spacial score (nSPS) is 10.7. The Morgan fingerprint density at radius 2 is 1.85 bits per heavy atom. The van der Waals surface area contributed by atoms with Crippen molar-refractivity contribution in [3.05, 3.63) is 58.1 Å². The van der Waals surface area contributed by atoms with Crippen LogP contribution in [-0.2, 0) is 6.54 Å². The van der Waals surface area contributed by atoms with Crippen LogP contribution in [0, 0.1) is 18.6 Å². The number of benzene rings is 2. The minimum Gasteiger partial charge on any atom is -0.454 e. The van der Waals surface area contributed by atoms with Crippen LogP contribution in [-0.4, -0.2) is 7.05 Å². The summed E-state index contributed by atoms with van der Waals surface area (Å²) in [7, 11) is 1.74. The summed E-state index contributed by atoms with van der Waals surface area (Å²) < 4.78 is 32.9. The average Bonchev–Trinajstić information content (AvgIpc) is 2.39. The average molecular weight is 298 g/mol. The molecule has 0 spiro atoms. The Labute approximate surface area is 121 Å². The molecular formula is C15H14ClF2NO. The molecule has 2 rings (SSSR count). The zero-order chi connectivity index (χ0) is 14.7. The summed E-state index contributed by atoms with van der Waals surface area (Å²) in [4.78, 5) is 0. The molecule has 0 aliphatic rings. The van der Waals surface area contributed by atoms with Crippen molar-refractivity contribution in [2.75, 3.05) is 7.05 Å². The van der Waals surface area contributed by atoms with Gasteiger partial charge in [-0.2, -0.15) is 0 Å². The van der Waals surface area contributed by atoms with Gasteiger partial charge in [0.05, 0.1) is 0 Å². The van der Waals surface area contributed by atoms with Crippen molar-refractivity contribution in [1.82, 2.24) is 5.32 Å². The molecule has 0 atom stereocenters. The third-order valence-electron chi connectivity index (χ3n) is 2.82. The van der Waals surface area contributed by atoms with E-state index in [9.17, 15) is 8.78 Å². The van der Waals surface area contributed by atoms with Crippen molar-refractivity contribution in [2.45, 2.75) is 13.5 Å². The largest absolute Gasteiger partial charge is 0.454 e. The fourth-order valence-electron chi connectivity index (χ4n) is 1.80. The Morgan fingerprint density at radius 1 is 1.10 bits per heavy atom. The van der Waals surface area contributed by atoms with Gasteiger partial charge in [0.25, 0.3) is 0 Å². The van der Waals surface area contributed by atoms with Gasteiger partial charge in [-0.15, -0.1) is 0 Å². The molecular weight excluding hydrogens is 284 g/mol. The second kappa shape index (κ2) is 6.20. The molecule has 0 heterocycles. The van der Waals surface area contributed by atoms with E-state index in [0.29, 0.717) is 28.4 Å². The predicted octanol–water partition coefficient (Wildman–Crippen LogP) is 4.44. The van der Waals surface area contributed by atoms with Crippen molar-refractivity contribution in [3.63, 3.8) is 0 Å². The Hall–Kier alpha value is -1.65. The van der Waals surface area contributed by atoms with Crippen LogP contribution in [0.2, 0.25) is 5.02 Å². The molecule has 0 aromatic heterocycles. The molecule has 2 nitrogen and oxygen atoms in total. The van der Waals surface area contributed by atoms with Gasteiger partial charge >= 0.3 is 0 Å². The van der Waals surface area contributed by atoms with Crippen LogP contribution < -0.4 is 10.1 Å². The molecule has 0 aliphatic carbocycles. The van der Waals surface area contributed by atoms with Crippen molar-refractivity contribution >= 4 is 11.6 Å². The van der Waals surface area contributed by atoms with Crippen LogP contribution in [0.1, 0.15) is 11.1 Å². The Morgan fingerprint density at radius 3 is 2.50 bits per heavy atom. The highest BCUT2D eigenvalue weighted by Crippen LogP contribution is 2.30. The lowest BCUT2D eigenvalue weighted by Crippen LogP contribution is -2.07. The molecule has 0 amide bonds. The summed E-state index contributed by atoms with van der Waals surface area (Å²) in [5.41, 5.74) is 1.05. The smallest absolute Gasteiger partial charge is 0.167 e. The summed E-state index contributed by atoms with van der Waals surface area (Å²) in [6, 6.07) is 7.09. The van der Waals surface area contributed by atoms with Crippen LogP contribution in [0.15, 0.2) is 30.3 Å². The lowest BCUT2D eigenvalue weighted by atomic mass is 10.1. The number of aryl methyl sites for hydroxylation is 1. The standard InChI is InChI=1S/C15H14ClF2NO/c1-9-5-15(10(8-19-2)6-12(9)17)20-14-4-3-11(16)7-13(14)18/h3-7,19H,8H2,1-2H3. The highest BCUT2D eigenvalue weighted by atomic mass is 35.5. The quantitative estimate of drug-likeness (QED) is 0.901. The van der Waals surface area contributed by atoms with Gasteiger partial charge in [0.2, 0.25) is 0 Å². The lowest BCUT2D eigenvalue weighted by molar-refractivity contribution is 0.434. The van der Waals surface area contributed by atoms with Crippen molar-refractivity contribution in [3.8, 4) is 11.5 Å². The van der Waals surface area contributed by atoms with Gasteiger partial charge in [-0.3, -0.25) is 0 Å². The van der Waals surface area contributed by atoms with Crippen LogP contribution in [0.25, 0.3) is 0 Å². The fraction of sp³-hybridized carbons (Fsp3) is 0.200. The first-order valence-corrected chi connectivity index (χ1v) is 6.45. The van der Waals surface area contributed by atoms with E-state index in [4.69, 9.17) is 16.3 Å². The van der Waals surface area contributed by atoms with Gasteiger partial charge in [-0.1, -0.05) is 11.6 Å². The number of halogens is 3. The maximum atomic E-state index is 13.7. The molecule has 0 saturated heterocycles. The summed E-state index contributed by atoms with van der Waals surface area (Å²) >= 11 is 5.69. The zero-order valence-electron chi connectivity index (χ0n) is 11.1. The van der Waals surface area contributed by atoms with E-state index in [2.05, 4.69) is 5.32 Å². The number of nitrogens with one attached hydrogen (secondary N) is 1. The first-order valence-electron chi connectivity index (χ1n) is 6.08. The van der Waals surface area contributed by atoms with Crippen LogP contribution in [0.4, 0.5) is 8.78 Å². The number of rotatable bonds is 4. The Balaban J connectivity index is 2.39. The molecule has 0 saturated carbocycles. The molecule has 2 aromatic rings. The van der Waals surface area contributed by atoms with E-state index >= 15 is 0 Å². The molecule has 20 heavy (non-hydrogen) atoms. The maximum Gasteiger partial charge on any atom is 0.167 e. The van der Waals surface area contributed by atoms with Gasteiger partial charge < -0.3 is 10.1 Å². The summed E-state index contributed by atoms with van der Waals surface area (Å²) in [5, 5.41) is 3.21. The third kappa shape index (κ3) is 3.26. The molecule has 0 fully saturated rings. The van der Waals surface area contributed by atoms with E-state index in [0.717, 1.165) is 0 Å². The van der Waals surface area contributed by atoms with Gasteiger partial charge in [0.15, 0.2) is 11.6 Å². The van der Waals surface area contributed by atoms with E-state index in [-0.39, 0.29) is 11.6 Å². The fourth-order valence-corrected chi connectivity index (χ4v) is 1.96. The molecule has 1 N–H and O–H groups in total. The van der Waals surface area contributed by atoms with Gasteiger partial charge in [-0.05, 0) is 49.9 Å². The van der Waals surface area contributed by atoms with Gasteiger partial charge in [-0.25, -0.2) is 8.78 Å². The minimum atomic E-state index is -0.560. The van der Waals surface area contributed by atoms with Crippen LogP contribution in [0.5, 0.6) is 11.5 Å². The first-order chi connectivity index (χ1) is 9.51. The molecule has 5 heteroatoms. The van der Waals surface area contributed by atoms with Crippen molar-refractivity contribution in [2.24, 2.45) is 0 Å². The lowest BCUT2D eigenvalue weighted by Gasteiger charge is -2.13. The second-order valence-corrected chi connectivity index (χ2v) is 4.85. The molecule has 0 unspecified atom stereocenters. The number of hydrogen-bond donors (Lipinski definition) is 1. The number of ether oxygens (including phenoxy) is 1. The van der Waals surface area contributed by atoms with E-state index in [1.807, 2.05) is 0 Å². The second-order valence-electron chi connectivity index (χ2n) is 4.42. The minimum absolute atomic E-state index is 0.0535. The Kier molecular flexibility index (Phi) is 4.57. The summed E-state index contributed by atoms with van der Waals surface area (Å²) in [6.07, 6.45) is 0. The van der Waals surface area contributed by atoms with E-state index in [1.54, 1.807) is 20.0 Å². The zero-order valence-corrected chi connectivity index (χ0v) is 11.9. The van der Waals surface area contributed by atoms with Gasteiger partial charge in [0, 0.05) is 17.1 Å². The van der Waals surface area contributed by atoms with E-state index in [1.165, 1.54) is 24.3 Å². The first kappa shape index (κ1) is 14.8. The third-order valence-corrected chi connectivity index (χ3v) is 3.06. The van der Waals surface area contributed by atoms with Crippen LogP contribution >= 0.6 is 11.6 Å². The molecule has 106 valence electrons. The maximum absolute atomic E-state index is 13.7. The summed E-state index contributed by atoms with van der Waals surface area (Å²) in [6.45, 7) is 2.05. The highest BCUT2D eigenvalue weighted by molar-refractivity contribution is 6.30. The summed E-state index contributed by atoms with van der Waals surface area (Å²) in [5.74, 6) is -0.411. The molecule has 2 aromatic carbocycles. The number of hydrogen-bond acceptors (Lipinski definition) is 2. The topological polar surface area (TPSA) is 21.3 Å². The van der Waals surface area contributed by atoms with E-state index < -0.39 is 5.82 Å². The molecule has 0 radical (unpaired) electrons. The predicted molar refractivity (Wildman–Crippen MR) is 75.4 cm³/mol. The van der Waals surface area contributed by atoms with Gasteiger partial charge in [0.1, 0.15) is 11.6 Å². The van der Waals surface area contributed by atoms with Crippen molar-refractivity contribution in [1.29, 1.82) is 0 Å². The van der Waals surface area contributed by atoms with Crippen molar-refractivity contribution < 1.29 is 13.5 Å². The molecule has 0 bridgehead atoms. The monoisotopic (exact) mass is 297 g/mol. The molecule has 0 aliphatic heterocycles.